The number of ether oxygens (including phenoxy) is 2. The number of hydrogen-bond acceptors (Lipinski definition) is 4. The molecule has 7 heteroatoms. The van der Waals surface area contributed by atoms with E-state index in [-0.39, 0.29) is 17.4 Å². The quantitative estimate of drug-likeness (QED) is 0.500. The molecule has 0 radical (unpaired) electrons. The minimum Gasteiger partial charge on any atom is -0.496 e. The van der Waals surface area contributed by atoms with Crippen molar-refractivity contribution in [2.45, 2.75) is 25.7 Å². The van der Waals surface area contributed by atoms with Crippen LogP contribution in [0, 0.1) is 0 Å². The van der Waals surface area contributed by atoms with E-state index >= 15 is 0 Å². The Morgan fingerprint density at radius 3 is 2.38 bits per heavy atom. The van der Waals surface area contributed by atoms with E-state index in [1.165, 1.54) is 11.6 Å². The van der Waals surface area contributed by atoms with Crippen LogP contribution in [0.25, 0.3) is 22.2 Å². The predicted octanol–water partition coefficient (Wildman–Crippen LogP) is 3.22. The number of benzene rings is 2. The summed E-state index contributed by atoms with van der Waals surface area (Å²) in [6.45, 7) is 2.58. The Kier molecular flexibility index (Phi) is 4.78. The Morgan fingerprint density at radius 1 is 0.969 bits per heavy atom. The first-order valence-corrected chi connectivity index (χ1v) is 10.6. The van der Waals surface area contributed by atoms with Crippen LogP contribution in [-0.4, -0.2) is 26.9 Å². The lowest BCUT2D eigenvalue weighted by Gasteiger charge is -2.32. The van der Waals surface area contributed by atoms with E-state index in [0.29, 0.717) is 23.2 Å². The fourth-order valence-corrected chi connectivity index (χ4v) is 4.79. The van der Waals surface area contributed by atoms with Crippen molar-refractivity contribution in [3.05, 3.63) is 86.7 Å². The van der Waals surface area contributed by atoms with Crippen molar-refractivity contribution in [3.63, 3.8) is 0 Å². The highest BCUT2D eigenvalue weighted by Crippen LogP contribution is 2.43. The largest absolute Gasteiger partial charge is 0.496 e. The summed E-state index contributed by atoms with van der Waals surface area (Å²) in [5.41, 5.74) is 3.30. The van der Waals surface area contributed by atoms with Gasteiger partial charge in [0.25, 0.3) is 5.56 Å². The van der Waals surface area contributed by atoms with Crippen LogP contribution in [0.2, 0.25) is 0 Å². The standard InChI is InChI=1S/C25H25N3O4/c1-15-14-28-20(16-10-6-5-7-11-16)19-21(26(2)25(30)27(3)24(19)29)22(28)23(32-15)17-12-8-9-13-18(17)31-4/h5-13,15,23H,14H2,1-4H3/t15-,23+/m0/s1. The number of fused-ring (bicyclic) bond motifs is 3. The molecule has 0 fully saturated rings. The number of aromatic nitrogens is 3. The molecule has 0 spiro atoms. The zero-order valence-electron chi connectivity index (χ0n) is 18.5. The van der Waals surface area contributed by atoms with Crippen molar-refractivity contribution >= 4 is 10.9 Å². The zero-order chi connectivity index (χ0) is 22.6. The fourth-order valence-electron chi connectivity index (χ4n) is 4.79. The molecule has 4 aromatic rings. The van der Waals surface area contributed by atoms with Crippen LogP contribution in [-0.2, 0) is 25.4 Å². The first kappa shape index (κ1) is 20.3. The second-order valence-electron chi connectivity index (χ2n) is 8.21. The third kappa shape index (κ3) is 2.85. The molecule has 0 saturated heterocycles. The molecule has 0 saturated carbocycles. The van der Waals surface area contributed by atoms with Gasteiger partial charge >= 0.3 is 5.69 Å². The molecule has 1 aliphatic heterocycles. The minimum atomic E-state index is -0.493. The third-order valence-corrected chi connectivity index (χ3v) is 6.23. The van der Waals surface area contributed by atoms with Crippen molar-refractivity contribution in [2.75, 3.05) is 7.11 Å². The monoisotopic (exact) mass is 431 g/mol. The zero-order valence-corrected chi connectivity index (χ0v) is 18.5. The van der Waals surface area contributed by atoms with Gasteiger partial charge in [-0.25, -0.2) is 4.79 Å². The van der Waals surface area contributed by atoms with Gasteiger partial charge in [-0.1, -0.05) is 48.5 Å². The first-order valence-electron chi connectivity index (χ1n) is 10.6. The highest BCUT2D eigenvalue weighted by molar-refractivity contribution is 5.96. The molecular weight excluding hydrogens is 406 g/mol. The molecule has 32 heavy (non-hydrogen) atoms. The van der Waals surface area contributed by atoms with Gasteiger partial charge in [0.1, 0.15) is 11.9 Å². The Balaban J connectivity index is 1.97. The average Bonchev–Trinajstić information content (AvgIpc) is 3.16. The SMILES string of the molecule is COc1ccccc1[C@H]1O[C@@H](C)Cn2c(-c3ccccc3)c3c(=O)n(C)c(=O)n(C)c3c21. The van der Waals surface area contributed by atoms with Crippen LogP contribution >= 0.6 is 0 Å². The molecule has 0 unspecified atom stereocenters. The second kappa shape index (κ2) is 7.53. The normalized spacial score (nSPS) is 18.0. The molecule has 0 amide bonds. The highest BCUT2D eigenvalue weighted by Gasteiger charge is 2.36. The predicted molar refractivity (Wildman–Crippen MR) is 123 cm³/mol. The molecule has 1 aliphatic rings. The molecule has 3 heterocycles. The van der Waals surface area contributed by atoms with E-state index in [1.807, 2.05) is 61.5 Å². The van der Waals surface area contributed by atoms with Crippen molar-refractivity contribution < 1.29 is 9.47 Å². The maximum Gasteiger partial charge on any atom is 0.331 e. The Morgan fingerprint density at radius 2 is 1.66 bits per heavy atom. The van der Waals surface area contributed by atoms with Crippen molar-refractivity contribution in [2.24, 2.45) is 14.1 Å². The van der Waals surface area contributed by atoms with Gasteiger partial charge in [-0.05, 0) is 18.6 Å². The topological polar surface area (TPSA) is 67.4 Å². The summed E-state index contributed by atoms with van der Waals surface area (Å²) in [5.74, 6) is 0.697. The van der Waals surface area contributed by atoms with Gasteiger partial charge in [-0.3, -0.25) is 13.9 Å². The van der Waals surface area contributed by atoms with E-state index < -0.39 is 6.10 Å². The first-order chi connectivity index (χ1) is 15.4. The van der Waals surface area contributed by atoms with Crippen LogP contribution < -0.4 is 16.0 Å². The summed E-state index contributed by atoms with van der Waals surface area (Å²) in [4.78, 5) is 26.3. The van der Waals surface area contributed by atoms with E-state index in [1.54, 1.807) is 18.7 Å². The lowest BCUT2D eigenvalue weighted by Crippen LogP contribution is -2.37. The maximum absolute atomic E-state index is 13.4. The Bertz CT molecular complexity index is 1450. The lowest BCUT2D eigenvalue weighted by atomic mass is 10.0. The molecule has 0 N–H and O–H groups in total. The summed E-state index contributed by atoms with van der Waals surface area (Å²) in [5, 5.41) is 0.522. The smallest absolute Gasteiger partial charge is 0.331 e. The van der Waals surface area contributed by atoms with Gasteiger partial charge < -0.3 is 14.0 Å². The summed E-state index contributed by atoms with van der Waals surface area (Å²) >= 11 is 0. The number of rotatable bonds is 3. The molecule has 7 nitrogen and oxygen atoms in total. The summed E-state index contributed by atoms with van der Waals surface area (Å²) in [6.07, 6.45) is -0.602. The Hall–Kier alpha value is -3.58. The molecule has 164 valence electrons. The number of para-hydroxylation sites is 1. The van der Waals surface area contributed by atoms with E-state index in [4.69, 9.17) is 9.47 Å². The van der Waals surface area contributed by atoms with Crippen LogP contribution in [0.1, 0.15) is 24.3 Å². The van der Waals surface area contributed by atoms with Crippen molar-refractivity contribution in [1.82, 2.24) is 13.7 Å². The molecule has 2 atom stereocenters. The summed E-state index contributed by atoms with van der Waals surface area (Å²) < 4.78 is 16.9. The summed E-state index contributed by atoms with van der Waals surface area (Å²) in [7, 11) is 4.85. The fraction of sp³-hybridized carbons (Fsp3) is 0.280. The van der Waals surface area contributed by atoms with Crippen molar-refractivity contribution in [1.29, 1.82) is 0 Å². The molecule has 0 bridgehead atoms. The number of methoxy groups -OCH3 is 1. The van der Waals surface area contributed by atoms with Crippen LogP contribution in [0.3, 0.4) is 0 Å². The van der Waals surface area contributed by atoms with Gasteiger partial charge in [0.15, 0.2) is 0 Å². The van der Waals surface area contributed by atoms with Crippen LogP contribution in [0.4, 0.5) is 0 Å². The van der Waals surface area contributed by atoms with Gasteiger partial charge in [0.05, 0.1) is 35.5 Å². The molecule has 0 aliphatic carbocycles. The van der Waals surface area contributed by atoms with Gasteiger partial charge in [-0.2, -0.15) is 0 Å². The molecule has 2 aromatic carbocycles. The molecular formula is C25H25N3O4. The number of nitrogens with zero attached hydrogens (tertiary/aromatic N) is 3. The van der Waals surface area contributed by atoms with E-state index in [2.05, 4.69) is 4.57 Å². The number of hydrogen-bond donors (Lipinski definition) is 0. The van der Waals surface area contributed by atoms with Crippen molar-refractivity contribution in [3.8, 4) is 17.0 Å². The number of aryl methyl sites for hydroxylation is 1. The highest BCUT2D eigenvalue weighted by atomic mass is 16.5. The van der Waals surface area contributed by atoms with Crippen LogP contribution in [0.5, 0.6) is 5.75 Å². The van der Waals surface area contributed by atoms with Crippen LogP contribution in [0.15, 0.2) is 64.2 Å². The van der Waals surface area contributed by atoms with E-state index in [0.717, 1.165) is 22.5 Å². The lowest BCUT2D eigenvalue weighted by molar-refractivity contribution is -0.0151. The van der Waals surface area contributed by atoms with Gasteiger partial charge in [0.2, 0.25) is 0 Å². The maximum atomic E-state index is 13.4. The Labute approximate surface area is 185 Å². The molecule has 5 rings (SSSR count). The third-order valence-electron chi connectivity index (χ3n) is 6.23. The minimum absolute atomic E-state index is 0.109. The van der Waals surface area contributed by atoms with E-state index in [9.17, 15) is 9.59 Å². The second-order valence-corrected chi connectivity index (χ2v) is 8.21. The van der Waals surface area contributed by atoms with Gasteiger partial charge in [0, 0.05) is 26.2 Å². The average molecular weight is 431 g/mol. The summed E-state index contributed by atoms with van der Waals surface area (Å²) in [6, 6.07) is 17.5. The molecule has 2 aromatic heterocycles. The van der Waals surface area contributed by atoms with Gasteiger partial charge in [-0.15, -0.1) is 0 Å².